The number of aromatic nitrogens is 2. The lowest BCUT2D eigenvalue weighted by atomic mass is 10.2. The van der Waals surface area contributed by atoms with Crippen LogP contribution in [0.2, 0.25) is 0 Å². The molecule has 0 radical (unpaired) electrons. The quantitative estimate of drug-likeness (QED) is 0.659. The Morgan fingerprint density at radius 1 is 0.966 bits per heavy atom. The highest BCUT2D eigenvalue weighted by Crippen LogP contribution is 2.20. The van der Waals surface area contributed by atoms with Gasteiger partial charge in [0, 0.05) is 38.3 Å². The van der Waals surface area contributed by atoms with Gasteiger partial charge in [-0.3, -0.25) is 9.36 Å². The lowest BCUT2D eigenvalue weighted by Crippen LogP contribution is -2.43. The van der Waals surface area contributed by atoms with Crippen molar-refractivity contribution in [1.82, 2.24) is 14.9 Å². The van der Waals surface area contributed by atoms with Gasteiger partial charge in [0.05, 0.1) is 16.6 Å². The van der Waals surface area contributed by atoms with Crippen molar-refractivity contribution in [2.24, 2.45) is 0 Å². The number of halogens is 2. The molecule has 0 bridgehead atoms. The minimum atomic E-state index is 0. The van der Waals surface area contributed by atoms with Crippen LogP contribution >= 0.6 is 24.8 Å². The van der Waals surface area contributed by atoms with Crippen molar-refractivity contribution >= 4 is 41.4 Å². The number of nitrogens with zero attached hydrogens (tertiary/aromatic N) is 3. The lowest BCUT2D eigenvalue weighted by Gasteiger charge is -2.29. The third-order valence-electron chi connectivity index (χ3n) is 5.19. The highest BCUT2D eigenvalue weighted by atomic mass is 35.5. The minimum absolute atomic E-state index is 0. The molecule has 1 N–H and O–H groups in total. The molecule has 0 amide bonds. The number of hydrogen-bond donors (Lipinski definition) is 1. The summed E-state index contributed by atoms with van der Waals surface area (Å²) in [6.07, 6.45) is 2.89. The first-order chi connectivity index (χ1) is 13.3. The second-order valence-corrected chi connectivity index (χ2v) is 7.04. The van der Waals surface area contributed by atoms with E-state index < -0.39 is 0 Å². The van der Waals surface area contributed by atoms with E-state index in [9.17, 15) is 4.79 Å². The molecule has 1 aromatic heterocycles. The standard InChI is InChI=1S/C22H26N4O.2ClH/c1-2-3-8-21-24-20-7-5-4-6-19(20)22(27)26(21)18-11-9-17(10-12-18)25-15-13-23-14-16-25;;/h4-7,9-12,23H,2-3,8,13-16H2,1H3;2*1H. The average molecular weight is 435 g/mol. The summed E-state index contributed by atoms with van der Waals surface area (Å²) >= 11 is 0. The van der Waals surface area contributed by atoms with Crippen molar-refractivity contribution in [3.8, 4) is 5.69 Å². The smallest absolute Gasteiger partial charge is 0.265 e. The summed E-state index contributed by atoms with van der Waals surface area (Å²) in [7, 11) is 0. The Hall–Kier alpha value is -2.08. The predicted octanol–water partition coefficient (Wildman–Crippen LogP) is 3.98. The number of fused-ring (bicyclic) bond motifs is 1. The molecule has 2 heterocycles. The zero-order valence-electron chi connectivity index (χ0n) is 16.6. The van der Waals surface area contributed by atoms with E-state index in [1.54, 1.807) is 4.57 Å². The molecule has 1 fully saturated rings. The van der Waals surface area contributed by atoms with E-state index in [1.807, 2.05) is 36.4 Å². The fraction of sp³-hybridized carbons (Fsp3) is 0.364. The number of unbranched alkanes of at least 4 members (excludes halogenated alkanes) is 1. The van der Waals surface area contributed by atoms with Gasteiger partial charge in [0.1, 0.15) is 5.82 Å². The first-order valence-electron chi connectivity index (χ1n) is 9.84. The summed E-state index contributed by atoms with van der Waals surface area (Å²) in [5.41, 5.74) is 2.89. The number of anilines is 1. The molecule has 29 heavy (non-hydrogen) atoms. The van der Waals surface area contributed by atoms with E-state index in [0.29, 0.717) is 5.39 Å². The summed E-state index contributed by atoms with van der Waals surface area (Å²) < 4.78 is 1.79. The van der Waals surface area contributed by atoms with Gasteiger partial charge >= 0.3 is 0 Å². The number of para-hydroxylation sites is 1. The number of piperazine rings is 1. The number of benzene rings is 2. The zero-order valence-corrected chi connectivity index (χ0v) is 18.3. The molecule has 0 aliphatic carbocycles. The highest BCUT2D eigenvalue weighted by Gasteiger charge is 2.14. The van der Waals surface area contributed by atoms with Crippen LogP contribution in [0.5, 0.6) is 0 Å². The third kappa shape index (κ3) is 4.92. The maximum atomic E-state index is 13.2. The maximum Gasteiger partial charge on any atom is 0.265 e. The summed E-state index contributed by atoms with van der Waals surface area (Å²) in [5, 5.41) is 4.05. The topological polar surface area (TPSA) is 50.2 Å². The zero-order chi connectivity index (χ0) is 18.6. The van der Waals surface area contributed by atoms with Gasteiger partial charge < -0.3 is 10.2 Å². The second-order valence-electron chi connectivity index (χ2n) is 7.04. The molecule has 4 rings (SSSR count). The van der Waals surface area contributed by atoms with E-state index in [0.717, 1.165) is 62.5 Å². The van der Waals surface area contributed by atoms with E-state index in [4.69, 9.17) is 4.98 Å². The van der Waals surface area contributed by atoms with Gasteiger partial charge in [-0.1, -0.05) is 25.5 Å². The fourth-order valence-corrected chi connectivity index (χ4v) is 3.68. The van der Waals surface area contributed by atoms with Crippen molar-refractivity contribution in [3.63, 3.8) is 0 Å². The average Bonchev–Trinajstić information content (AvgIpc) is 2.73. The highest BCUT2D eigenvalue weighted by molar-refractivity contribution is 5.85. The predicted molar refractivity (Wildman–Crippen MR) is 126 cm³/mol. The molecule has 156 valence electrons. The van der Waals surface area contributed by atoms with Gasteiger partial charge in [0.15, 0.2) is 0 Å². The molecule has 0 atom stereocenters. The Bertz CT molecular complexity index is 982. The largest absolute Gasteiger partial charge is 0.369 e. The molecule has 5 nitrogen and oxygen atoms in total. The monoisotopic (exact) mass is 434 g/mol. The van der Waals surface area contributed by atoms with E-state index in [1.165, 1.54) is 5.69 Å². The number of hydrogen-bond acceptors (Lipinski definition) is 4. The molecule has 1 aliphatic heterocycles. The Balaban J connectivity index is 0.00000150. The second kappa shape index (κ2) is 10.6. The first kappa shape index (κ1) is 23.2. The molecular weight excluding hydrogens is 407 g/mol. The summed E-state index contributed by atoms with van der Waals surface area (Å²) in [5.74, 6) is 0.843. The summed E-state index contributed by atoms with van der Waals surface area (Å²) in [6, 6.07) is 15.9. The number of rotatable bonds is 5. The van der Waals surface area contributed by atoms with Gasteiger partial charge in [-0.05, 0) is 42.8 Å². The molecular formula is C22H28Cl2N4O. The molecule has 0 spiro atoms. The number of nitrogens with one attached hydrogen (secondary N) is 1. The van der Waals surface area contributed by atoms with Crippen LogP contribution < -0.4 is 15.8 Å². The molecule has 2 aromatic carbocycles. The van der Waals surface area contributed by atoms with Crippen molar-refractivity contribution in [2.45, 2.75) is 26.2 Å². The third-order valence-corrected chi connectivity index (χ3v) is 5.19. The van der Waals surface area contributed by atoms with Crippen molar-refractivity contribution in [1.29, 1.82) is 0 Å². The van der Waals surface area contributed by atoms with E-state index in [-0.39, 0.29) is 30.4 Å². The summed E-state index contributed by atoms with van der Waals surface area (Å²) in [4.78, 5) is 20.4. The molecule has 0 saturated carbocycles. The van der Waals surface area contributed by atoms with Crippen LogP contribution in [0.15, 0.2) is 53.3 Å². The van der Waals surface area contributed by atoms with Crippen LogP contribution in [0.1, 0.15) is 25.6 Å². The van der Waals surface area contributed by atoms with E-state index >= 15 is 0 Å². The molecule has 3 aromatic rings. The van der Waals surface area contributed by atoms with Crippen LogP contribution in [0.3, 0.4) is 0 Å². The van der Waals surface area contributed by atoms with Crippen molar-refractivity contribution in [2.75, 3.05) is 31.1 Å². The Morgan fingerprint density at radius 3 is 2.31 bits per heavy atom. The Kier molecular flexibility index (Phi) is 8.50. The molecule has 1 aliphatic rings. The van der Waals surface area contributed by atoms with Crippen molar-refractivity contribution in [3.05, 3.63) is 64.7 Å². The molecule has 1 saturated heterocycles. The SMILES string of the molecule is CCCCc1nc2ccccc2c(=O)n1-c1ccc(N2CCNCC2)cc1.Cl.Cl. The summed E-state index contributed by atoms with van der Waals surface area (Å²) in [6.45, 7) is 6.21. The maximum absolute atomic E-state index is 13.2. The first-order valence-corrected chi connectivity index (χ1v) is 9.84. The fourth-order valence-electron chi connectivity index (χ4n) is 3.68. The Morgan fingerprint density at radius 2 is 1.62 bits per heavy atom. The van der Waals surface area contributed by atoms with Crippen LogP contribution in [-0.4, -0.2) is 35.7 Å². The van der Waals surface area contributed by atoms with Gasteiger partial charge in [0.25, 0.3) is 5.56 Å². The molecule has 7 heteroatoms. The normalized spacial score (nSPS) is 13.6. The van der Waals surface area contributed by atoms with Gasteiger partial charge in [-0.15, -0.1) is 24.8 Å². The van der Waals surface area contributed by atoms with Gasteiger partial charge in [0.2, 0.25) is 0 Å². The van der Waals surface area contributed by atoms with Crippen LogP contribution in [0.4, 0.5) is 5.69 Å². The lowest BCUT2D eigenvalue weighted by molar-refractivity contribution is 0.589. The van der Waals surface area contributed by atoms with E-state index in [2.05, 4.69) is 29.3 Å². The van der Waals surface area contributed by atoms with Crippen LogP contribution in [0, 0.1) is 0 Å². The van der Waals surface area contributed by atoms with Gasteiger partial charge in [-0.25, -0.2) is 4.98 Å². The van der Waals surface area contributed by atoms with Gasteiger partial charge in [-0.2, -0.15) is 0 Å². The Labute approximate surface area is 184 Å². The minimum Gasteiger partial charge on any atom is -0.369 e. The van der Waals surface area contributed by atoms with Crippen LogP contribution in [0.25, 0.3) is 16.6 Å². The van der Waals surface area contributed by atoms with Crippen molar-refractivity contribution < 1.29 is 0 Å². The number of aryl methyl sites for hydroxylation is 1. The van der Waals surface area contributed by atoms with Crippen LogP contribution in [-0.2, 0) is 6.42 Å². The molecule has 0 unspecified atom stereocenters.